The highest BCUT2D eigenvalue weighted by Crippen LogP contribution is 2.00. The summed E-state index contributed by atoms with van der Waals surface area (Å²) in [5.41, 5.74) is 4.89. The van der Waals surface area contributed by atoms with E-state index in [1.807, 2.05) is 13.8 Å². The van der Waals surface area contributed by atoms with E-state index in [9.17, 15) is 9.59 Å². The molecule has 0 aliphatic carbocycles. The monoisotopic (exact) mass is 173 g/mol. The SMILES string of the molecule is CNC(=O)[C@@H](NC(N)=O)C(C)C. The third kappa shape index (κ3) is 3.23. The highest BCUT2D eigenvalue weighted by Gasteiger charge is 2.21. The lowest BCUT2D eigenvalue weighted by molar-refractivity contribution is -0.123. The fraction of sp³-hybridized carbons (Fsp3) is 0.714. The van der Waals surface area contributed by atoms with Crippen molar-refractivity contribution in [2.45, 2.75) is 19.9 Å². The predicted octanol–water partition coefficient (Wildman–Crippen LogP) is -0.575. The van der Waals surface area contributed by atoms with Crippen molar-refractivity contribution in [2.75, 3.05) is 7.05 Å². The fourth-order valence-electron chi connectivity index (χ4n) is 0.844. The highest BCUT2D eigenvalue weighted by molar-refractivity contribution is 5.86. The molecule has 0 unspecified atom stereocenters. The van der Waals surface area contributed by atoms with Crippen LogP contribution in [0.25, 0.3) is 0 Å². The second-order valence-electron chi connectivity index (χ2n) is 2.84. The lowest BCUT2D eigenvalue weighted by atomic mass is 10.0. The maximum absolute atomic E-state index is 11.1. The van der Waals surface area contributed by atoms with Crippen LogP contribution in [0.3, 0.4) is 0 Å². The minimum absolute atomic E-state index is 0.0254. The van der Waals surface area contributed by atoms with Gasteiger partial charge < -0.3 is 16.4 Å². The Bertz CT molecular complexity index is 179. The second kappa shape index (κ2) is 4.58. The van der Waals surface area contributed by atoms with Crippen LogP contribution in [0.4, 0.5) is 4.79 Å². The Labute approximate surface area is 71.7 Å². The summed E-state index contributed by atoms with van der Waals surface area (Å²) in [5.74, 6) is -0.207. The first kappa shape index (κ1) is 10.7. The Balaban J connectivity index is 4.23. The first-order valence-electron chi connectivity index (χ1n) is 3.76. The number of hydrogen-bond donors (Lipinski definition) is 3. The van der Waals surface area contributed by atoms with Crippen LogP contribution in [0.5, 0.6) is 0 Å². The van der Waals surface area contributed by atoms with E-state index in [4.69, 9.17) is 5.73 Å². The van der Waals surface area contributed by atoms with Crippen molar-refractivity contribution in [3.05, 3.63) is 0 Å². The van der Waals surface area contributed by atoms with Gasteiger partial charge in [0.2, 0.25) is 5.91 Å². The first-order valence-corrected chi connectivity index (χ1v) is 3.76. The summed E-state index contributed by atoms with van der Waals surface area (Å²) in [7, 11) is 1.51. The Morgan fingerprint density at radius 2 is 1.83 bits per heavy atom. The molecule has 0 saturated carbocycles. The van der Waals surface area contributed by atoms with Gasteiger partial charge in [0.1, 0.15) is 6.04 Å². The summed E-state index contributed by atoms with van der Waals surface area (Å²) in [4.78, 5) is 21.6. The van der Waals surface area contributed by atoms with E-state index in [1.165, 1.54) is 7.05 Å². The maximum atomic E-state index is 11.1. The maximum Gasteiger partial charge on any atom is 0.312 e. The van der Waals surface area contributed by atoms with Crippen molar-refractivity contribution in [3.63, 3.8) is 0 Å². The zero-order chi connectivity index (χ0) is 9.72. The molecule has 5 nitrogen and oxygen atoms in total. The number of urea groups is 1. The molecule has 0 fully saturated rings. The van der Waals surface area contributed by atoms with E-state index in [0.717, 1.165) is 0 Å². The van der Waals surface area contributed by atoms with Gasteiger partial charge in [-0.25, -0.2) is 4.79 Å². The molecular weight excluding hydrogens is 158 g/mol. The number of likely N-dealkylation sites (N-methyl/N-ethyl adjacent to an activating group) is 1. The van der Waals surface area contributed by atoms with Crippen LogP contribution in [0.15, 0.2) is 0 Å². The Morgan fingerprint density at radius 1 is 1.33 bits per heavy atom. The molecule has 0 heterocycles. The second-order valence-corrected chi connectivity index (χ2v) is 2.84. The molecule has 70 valence electrons. The number of nitrogens with one attached hydrogen (secondary N) is 2. The number of rotatable bonds is 3. The van der Waals surface area contributed by atoms with Crippen LogP contribution in [-0.2, 0) is 4.79 Å². The molecule has 0 radical (unpaired) electrons. The van der Waals surface area contributed by atoms with Crippen LogP contribution >= 0.6 is 0 Å². The molecule has 0 aromatic rings. The van der Waals surface area contributed by atoms with Crippen LogP contribution in [0.1, 0.15) is 13.8 Å². The molecule has 0 rings (SSSR count). The lowest BCUT2D eigenvalue weighted by Gasteiger charge is -2.18. The van der Waals surface area contributed by atoms with E-state index >= 15 is 0 Å². The van der Waals surface area contributed by atoms with Crippen molar-refractivity contribution < 1.29 is 9.59 Å². The molecule has 0 saturated heterocycles. The van der Waals surface area contributed by atoms with Gasteiger partial charge in [-0.05, 0) is 5.92 Å². The van der Waals surface area contributed by atoms with Gasteiger partial charge in [-0.2, -0.15) is 0 Å². The van der Waals surface area contributed by atoms with Crippen molar-refractivity contribution in [1.82, 2.24) is 10.6 Å². The number of nitrogens with two attached hydrogens (primary N) is 1. The average Bonchev–Trinajstić information content (AvgIpc) is 1.98. The van der Waals surface area contributed by atoms with Crippen LogP contribution in [-0.4, -0.2) is 25.0 Å². The number of primary amides is 1. The molecule has 5 heteroatoms. The molecule has 0 aromatic heterocycles. The molecule has 1 atom stereocenters. The van der Waals surface area contributed by atoms with Gasteiger partial charge in [-0.15, -0.1) is 0 Å². The summed E-state index contributed by atoms with van der Waals surface area (Å²) >= 11 is 0. The summed E-state index contributed by atoms with van der Waals surface area (Å²) in [6, 6.07) is -1.23. The Hall–Kier alpha value is -1.26. The van der Waals surface area contributed by atoms with Gasteiger partial charge in [-0.3, -0.25) is 4.79 Å². The van der Waals surface area contributed by atoms with Crippen molar-refractivity contribution in [2.24, 2.45) is 11.7 Å². The molecule has 0 aliphatic heterocycles. The zero-order valence-electron chi connectivity index (χ0n) is 7.55. The molecular formula is C7H15N3O2. The number of carbonyl (C=O) groups excluding carboxylic acids is 2. The summed E-state index contributed by atoms with van der Waals surface area (Å²) in [6.07, 6.45) is 0. The minimum Gasteiger partial charge on any atom is -0.357 e. The molecule has 0 aromatic carbocycles. The largest absolute Gasteiger partial charge is 0.357 e. The van der Waals surface area contributed by atoms with Crippen LogP contribution in [0.2, 0.25) is 0 Å². The fourth-order valence-corrected chi connectivity index (χ4v) is 0.844. The summed E-state index contributed by atoms with van der Waals surface area (Å²) in [6.45, 7) is 3.66. The molecule has 4 N–H and O–H groups in total. The number of carbonyl (C=O) groups is 2. The molecule has 0 bridgehead atoms. The molecule has 0 aliphatic rings. The van der Waals surface area contributed by atoms with E-state index in [2.05, 4.69) is 10.6 Å². The highest BCUT2D eigenvalue weighted by atomic mass is 16.2. The van der Waals surface area contributed by atoms with Crippen LogP contribution in [0, 0.1) is 5.92 Å². The van der Waals surface area contributed by atoms with Crippen molar-refractivity contribution in [3.8, 4) is 0 Å². The van der Waals surface area contributed by atoms with Crippen molar-refractivity contribution in [1.29, 1.82) is 0 Å². The Morgan fingerprint density at radius 3 is 2.08 bits per heavy atom. The zero-order valence-corrected chi connectivity index (χ0v) is 7.55. The third-order valence-electron chi connectivity index (χ3n) is 1.49. The van der Waals surface area contributed by atoms with E-state index < -0.39 is 12.1 Å². The topological polar surface area (TPSA) is 84.2 Å². The third-order valence-corrected chi connectivity index (χ3v) is 1.49. The van der Waals surface area contributed by atoms with E-state index in [0.29, 0.717) is 0 Å². The van der Waals surface area contributed by atoms with Gasteiger partial charge in [0.15, 0.2) is 0 Å². The predicted molar refractivity (Wildman–Crippen MR) is 45.4 cm³/mol. The van der Waals surface area contributed by atoms with Crippen molar-refractivity contribution >= 4 is 11.9 Å². The normalized spacial score (nSPS) is 12.3. The lowest BCUT2D eigenvalue weighted by Crippen LogP contribution is -2.50. The smallest absolute Gasteiger partial charge is 0.312 e. The van der Waals surface area contributed by atoms with Gasteiger partial charge in [-0.1, -0.05) is 13.8 Å². The number of hydrogen-bond acceptors (Lipinski definition) is 2. The minimum atomic E-state index is -0.683. The number of amides is 3. The average molecular weight is 173 g/mol. The summed E-state index contributed by atoms with van der Waals surface area (Å²) < 4.78 is 0. The van der Waals surface area contributed by atoms with Crippen LogP contribution < -0.4 is 16.4 Å². The van der Waals surface area contributed by atoms with Gasteiger partial charge in [0.25, 0.3) is 0 Å². The van der Waals surface area contributed by atoms with Gasteiger partial charge in [0, 0.05) is 7.05 Å². The standard InChI is InChI=1S/C7H15N3O2/c1-4(2)5(6(11)9-3)10-7(8)12/h4-5H,1-3H3,(H,9,11)(H3,8,10,12)/t5-/m0/s1. The van der Waals surface area contributed by atoms with E-state index in [1.54, 1.807) is 0 Å². The quantitative estimate of drug-likeness (QED) is 0.533. The first-order chi connectivity index (χ1) is 5.49. The molecule has 3 amide bonds. The van der Waals surface area contributed by atoms with Gasteiger partial charge >= 0.3 is 6.03 Å². The molecule has 0 spiro atoms. The Kier molecular flexibility index (Phi) is 4.10. The summed E-state index contributed by atoms with van der Waals surface area (Å²) in [5, 5.41) is 4.80. The van der Waals surface area contributed by atoms with E-state index in [-0.39, 0.29) is 11.8 Å². The molecule has 12 heavy (non-hydrogen) atoms. The van der Waals surface area contributed by atoms with Gasteiger partial charge in [0.05, 0.1) is 0 Å².